The molecule has 0 saturated heterocycles. The van der Waals surface area contributed by atoms with Crippen molar-refractivity contribution in [1.29, 1.82) is 0 Å². The van der Waals surface area contributed by atoms with Gasteiger partial charge in [0.25, 0.3) is 0 Å². The van der Waals surface area contributed by atoms with E-state index in [1.807, 2.05) is 31.2 Å². The molecule has 0 aliphatic carbocycles. The average Bonchev–Trinajstić information content (AvgIpc) is 3.15. The number of esters is 1. The van der Waals surface area contributed by atoms with Crippen molar-refractivity contribution in [3.05, 3.63) is 98.5 Å². The third kappa shape index (κ3) is 5.16. The fourth-order valence-corrected chi connectivity index (χ4v) is 3.42. The van der Waals surface area contributed by atoms with E-state index in [1.165, 1.54) is 12.1 Å². The van der Waals surface area contributed by atoms with Crippen LogP contribution in [0.15, 0.2) is 77.4 Å². The third-order valence-electron chi connectivity index (χ3n) is 4.60. The molecule has 0 fully saturated rings. The van der Waals surface area contributed by atoms with E-state index >= 15 is 0 Å². The van der Waals surface area contributed by atoms with Gasteiger partial charge in [0.1, 0.15) is 12.4 Å². The van der Waals surface area contributed by atoms with Crippen molar-refractivity contribution in [3.8, 4) is 11.5 Å². The molecule has 7 heteroatoms. The highest BCUT2D eigenvalue weighted by molar-refractivity contribution is 14.1. The van der Waals surface area contributed by atoms with Crippen LogP contribution in [0.3, 0.4) is 0 Å². The summed E-state index contributed by atoms with van der Waals surface area (Å²) in [5.74, 6) is -0.0511. The summed E-state index contributed by atoms with van der Waals surface area (Å²) in [5.41, 5.74) is 1.94. The quantitative estimate of drug-likeness (QED) is 0.216. The van der Waals surface area contributed by atoms with Crippen LogP contribution < -0.4 is 9.47 Å². The van der Waals surface area contributed by atoms with Crippen molar-refractivity contribution in [2.24, 2.45) is 4.99 Å². The van der Waals surface area contributed by atoms with Crippen LogP contribution in [0.4, 0.5) is 4.39 Å². The zero-order valence-corrected chi connectivity index (χ0v) is 19.3. The highest BCUT2D eigenvalue weighted by Gasteiger charge is 2.26. The van der Waals surface area contributed by atoms with E-state index in [-0.39, 0.29) is 17.2 Å². The molecule has 162 valence electrons. The number of carbonyl (C=O) groups excluding carboxylic acids is 1. The minimum atomic E-state index is -0.639. The maximum Gasteiger partial charge on any atom is 0.363 e. The predicted molar refractivity (Wildman–Crippen MR) is 128 cm³/mol. The molecule has 0 saturated carbocycles. The number of nitrogens with zero attached hydrogens (tertiary/aromatic N) is 1. The van der Waals surface area contributed by atoms with Gasteiger partial charge in [-0.25, -0.2) is 14.2 Å². The number of benzene rings is 3. The second-order valence-electron chi connectivity index (χ2n) is 6.87. The van der Waals surface area contributed by atoms with Crippen LogP contribution in [0.2, 0.25) is 0 Å². The van der Waals surface area contributed by atoms with Crippen molar-refractivity contribution in [3.63, 3.8) is 0 Å². The summed E-state index contributed by atoms with van der Waals surface area (Å²) in [5, 5.41) is 0. The van der Waals surface area contributed by atoms with E-state index in [2.05, 4.69) is 27.6 Å². The van der Waals surface area contributed by atoms with E-state index in [1.54, 1.807) is 36.4 Å². The van der Waals surface area contributed by atoms with E-state index < -0.39 is 11.8 Å². The lowest BCUT2D eigenvalue weighted by Gasteiger charge is -2.13. The average molecular weight is 543 g/mol. The number of carbonyl (C=O) groups is 1. The van der Waals surface area contributed by atoms with Crippen LogP contribution in [-0.2, 0) is 16.1 Å². The zero-order chi connectivity index (χ0) is 22.5. The molecular formula is C25H19FINO4. The molecule has 3 aromatic rings. The summed E-state index contributed by atoms with van der Waals surface area (Å²) in [7, 11) is 0. The number of halogens is 2. The van der Waals surface area contributed by atoms with Crippen molar-refractivity contribution in [2.75, 3.05) is 6.61 Å². The molecule has 0 unspecified atom stereocenters. The molecular weight excluding hydrogens is 524 g/mol. The fraction of sp³-hybridized carbons (Fsp3) is 0.120. The second-order valence-corrected chi connectivity index (χ2v) is 8.12. The molecule has 0 spiro atoms. The molecule has 1 heterocycles. The lowest BCUT2D eigenvalue weighted by molar-refractivity contribution is -0.129. The summed E-state index contributed by atoms with van der Waals surface area (Å²) in [6.45, 7) is 2.74. The van der Waals surface area contributed by atoms with Crippen molar-refractivity contribution < 1.29 is 23.4 Å². The Bertz CT molecular complexity index is 1200. The molecule has 0 bridgehead atoms. The Hall–Kier alpha value is -3.20. The first-order valence-corrected chi connectivity index (χ1v) is 11.0. The Balaban J connectivity index is 1.56. The third-order valence-corrected chi connectivity index (χ3v) is 5.32. The van der Waals surface area contributed by atoms with Gasteiger partial charge in [-0.3, -0.25) is 0 Å². The van der Waals surface area contributed by atoms with E-state index in [0.717, 1.165) is 9.13 Å². The fourth-order valence-electron chi connectivity index (χ4n) is 3.06. The summed E-state index contributed by atoms with van der Waals surface area (Å²) in [6, 6.07) is 19.4. The highest BCUT2D eigenvalue weighted by atomic mass is 127. The van der Waals surface area contributed by atoms with Crippen LogP contribution in [0, 0.1) is 9.39 Å². The molecule has 0 amide bonds. The van der Waals surface area contributed by atoms with Crippen LogP contribution in [0.25, 0.3) is 6.08 Å². The van der Waals surface area contributed by atoms with Gasteiger partial charge in [-0.15, -0.1) is 0 Å². The minimum Gasteiger partial charge on any atom is -0.490 e. The molecule has 5 nitrogen and oxygen atoms in total. The van der Waals surface area contributed by atoms with Gasteiger partial charge in [-0.2, -0.15) is 0 Å². The minimum absolute atomic E-state index is 0.0538. The topological polar surface area (TPSA) is 57.1 Å². The Labute approximate surface area is 198 Å². The van der Waals surface area contributed by atoms with Gasteiger partial charge in [0, 0.05) is 3.57 Å². The lowest BCUT2D eigenvalue weighted by atomic mass is 10.1. The van der Waals surface area contributed by atoms with Gasteiger partial charge >= 0.3 is 5.97 Å². The van der Waals surface area contributed by atoms with Gasteiger partial charge in [-0.05, 0) is 83.1 Å². The first-order chi connectivity index (χ1) is 15.5. The van der Waals surface area contributed by atoms with Crippen LogP contribution in [0.1, 0.15) is 23.6 Å². The normalized spacial score (nSPS) is 14.3. The van der Waals surface area contributed by atoms with Crippen LogP contribution >= 0.6 is 22.6 Å². The lowest BCUT2D eigenvalue weighted by Crippen LogP contribution is -2.07. The molecule has 3 aromatic carbocycles. The SMILES string of the molecule is CCOc1cc(/C=C2\N=C(c3ccccc3F)OC2=O)ccc1OCc1ccc(I)cc1. The summed E-state index contributed by atoms with van der Waals surface area (Å²) in [4.78, 5) is 16.4. The molecule has 0 radical (unpaired) electrons. The molecule has 0 aromatic heterocycles. The predicted octanol–water partition coefficient (Wildman–Crippen LogP) is 5.75. The number of hydrogen-bond donors (Lipinski definition) is 0. The summed E-state index contributed by atoms with van der Waals surface area (Å²) < 4.78 is 32.0. The van der Waals surface area contributed by atoms with E-state index in [0.29, 0.717) is 30.3 Å². The van der Waals surface area contributed by atoms with Gasteiger partial charge in [0.05, 0.1) is 12.2 Å². The molecule has 0 N–H and O–H groups in total. The van der Waals surface area contributed by atoms with E-state index in [9.17, 15) is 9.18 Å². The molecule has 0 atom stereocenters. The number of ether oxygens (including phenoxy) is 3. The first-order valence-electron chi connectivity index (χ1n) is 9.95. The Morgan fingerprint density at radius 3 is 2.56 bits per heavy atom. The standard InChI is InChI=1S/C25H19FINO4/c1-2-30-23-14-17(9-12-22(23)31-15-16-7-10-18(27)11-8-16)13-21-25(29)32-24(28-21)19-5-3-4-6-20(19)26/h3-14H,2,15H2,1H3/b21-13-. The smallest absolute Gasteiger partial charge is 0.363 e. The van der Waals surface area contributed by atoms with Crippen molar-refractivity contribution in [1.82, 2.24) is 0 Å². The molecule has 1 aliphatic heterocycles. The Morgan fingerprint density at radius 1 is 1.03 bits per heavy atom. The van der Waals surface area contributed by atoms with E-state index in [4.69, 9.17) is 14.2 Å². The zero-order valence-electron chi connectivity index (χ0n) is 17.2. The molecule has 1 aliphatic rings. The Kier molecular flexibility index (Phi) is 6.84. The molecule has 4 rings (SSSR count). The first kappa shape index (κ1) is 22.0. The van der Waals surface area contributed by atoms with Gasteiger partial charge in [0.2, 0.25) is 5.90 Å². The largest absolute Gasteiger partial charge is 0.490 e. The highest BCUT2D eigenvalue weighted by Crippen LogP contribution is 2.31. The Morgan fingerprint density at radius 2 is 1.81 bits per heavy atom. The van der Waals surface area contributed by atoms with Gasteiger partial charge in [-0.1, -0.05) is 30.3 Å². The van der Waals surface area contributed by atoms with Crippen molar-refractivity contribution >= 4 is 40.5 Å². The number of aliphatic imine (C=N–C) groups is 1. The summed E-state index contributed by atoms with van der Waals surface area (Å²) >= 11 is 2.26. The van der Waals surface area contributed by atoms with Crippen molar-refractivity contribution in [2.45, 2.75) is 13.5 Å². The summed E-state index contributed by atoms with van der Waals surface area (Å²) in [6.07, 6.45) is 1.57. The number of hydrogen-bond acceptors (Lipinski definition) is 5. The van der Waals surface area contributed by atoms with Crippen LogP contribution in [-0.4, -0.2) is 18.5 Å². The maximum atomic E-state index is 14.0. The monoisotopic (exact) mass is 543 g/mol. The van der Waals surface area contributed by atoms with Gasteiger partial charge < -0.3 is 14.2 Å². The van der Waals surface area contributed by atoms with Crippen LogP contribution in [0.5, 0.6) is 11.5 Å². The number of cyclic esters (lactones) is 1. The maximum absolute atomic E-state index is 14.0. The molecule has 32 heavy (non-hydrogen) atoms. The van der Waals surface area contributed by atoms with Gasteiger partial charge in [0.15, 0.2) is 17.2 Å². The second kappa shape index (κ2) is 9.95. The number of rotatable bonds is 7.